The fourth-order valence-corrected chi connectivity index (χ4v) is 2.33. The Morgan fingerprint density at radius 3 is 2.93 bits per heavy atom. The quantitative estimate of drug-likeness (QED) is 0.817. The fourth-order valence-electron chi connectivity index (χ4n) is 2.33. The summed E-state index contributed by atoms with van der Waals surface area (Å²) in [5.41, 5.74) is 2.88. The molecule has 0 spiro atoms. The van der Waals surface area contributed by atoms with Gasteiger partial charge in [-0.05, 0) is 24.0 Å². The molecule has 1 aromatic carbocycles. The lowest BCUT2D eigenvalue weighted by atomic mass is 9.89. The van der Waals surface area contributed by atoms with Crippen molar-refractivity contribution in [3.05, 3.63) is 35.4 Å². The summed E-state index contributed by atoms with van der Waals surface area (Å²) in [7, 11) is 1.76. The molecule has 0 bridgehead atoms. The van der Waals surface area contributed by atoms with Gasteiger partial charge in [0.2, 0.25) is 0 Å². The Morgan fingerprint density at radius 2 is 2.20 bits per heavy atom. The molecule has 0 aliphatic carbocycles. The second-order valence-electron chi connectivity index (χ2n) is 4.18. The topological polar surface area (TPSA) is 21.3 Å². The molecule has 2 atom stereocenters. The summed E-state index contributed by atoms with van der Waals surface area (Å²) in [6.07, 6.45) is 2.32. The zero-order chi connectivity index (χ0) is 10.7. The van der Waals surface area contributed by atoms with E-state index >= 15 is 0 Å². The van der Waals surface area contributed by atoms with Crippen molar-refractivity contribution in [3.63, 3.8) is 0 Å². The monoisotopic (exact) mass is 205 g/mol. The number of methoxy groups -OCH3 is 1. The van der Waals surface area contributed by atoms with Crippen LogP contribution in [0.15, 0.2) is 24.3 Å². The van der Waals surface area contributed by atoms with Gasteiger partial charge in [-0.1, -0.05) is 31.2 Å². The number of ether oxygens (including phenoxy) is 1. The molecule has 2 unspecified atom stereocenters. The van der Waals surface area contributed by atoms with E-state index in [-0.39, 0.29) is 0 Å². The lowest BCUT2D eigenvalue weighted by molar-refractivity contribution is 0.155. The third-order valence-electron chi connectivity index (χ3n) is 3.16. The van der Waals surface area contributed by atoms with Crippen molar-refractivity contribution < 1.29 is 4.74 Å². The van der Waals surface area contributed by atoms with Crippen LogP contribution in [-0.2, 0) is 11.2 Å². The number of hydrogen-bond acceptors (Lipinski definition) is 2. The largest absolute Gasteiger partial charge is 0.383 e. The molecule has 0 radical (unpaired) electrons. The predicted octanol–water partition coefficient (Wildman–Crippen LogP) is 2.30. The highest BCUT2D eigenvalue weighted by Gasteiger charge is 2.24. The minimum absolute atomic E-state index is 0.366. The van der Waals surface area contributed by atoms with Crippen molar-refractivity contribution in [2.24, 2.45) is 0 Å². The van der Waals surface area contributed by atoms with Crippen LogP contribution in [0.25, 0.3) is 0 Å². The molecule has 1 aromatic rings. The molecule has 0 aromatic heterocycles. The Kier molecular flexibility index (Phi) is 3.39. The smallest absolute Gasteiger partial charge is 0.0657 e. The van der Waals surface area contributed by atoms with Crippen LogP contribution in [0, 0.1) is 0 Å². The van der Waals surface area contributed by atoms with Crippen LogP contribution in [0.5, 0.6) is 0 Å². The summed E-state index contributed by atoms with van der Waals surface area (Å²) in [5.74, 6) is 0. The highest BCUT2D eigenvalue weighted by atomic mass is 16.5. The van der Waals surface area contributed by atoms with Gasteiger partial charge < -0.3 is 10.1 Å². The average Bonchev–Trinajstić information content (AvgIpc) is 2.29. The van der Waals surface area contributed by atoms with Crippen LogP contribution in [-0.4, -0.2) is 19.8 Å². The molecule has 2 heteroatoms. The normalized spacial score (nSPS) is 24.9. The van der Waals surface area contributed by atoms with Crippen molar-refractivity contribution in [3.8, 4) is 0 Å². The van der Waals surface area contributed by atoms with Crippen molar-refractivity contribution in [1.82, 2.24) is 5.32 Å². The van der Waals surface area contributed by atoms with Crippen LogP contribution in [0.4, 0.5) is 0 Å². The second-order valence-corrected chi connectivity index (χ2v) is 4.18. The lowest BCUT2D eigenvalue weighted by Gasteiger charge is -2.32. The SMILES string of the molecule is CCC1Cc2ccccc2C(COC)N1. The number of benzene rings is 1. The van der Waals surface area contributed by atoms with E-state index in [2.05, 4.69) is 36.5 Å². The maximum absolute atomic E-state index is 5.27. The van der Waals surface area contributed by atoms with Gasteiger partial charge in [-0.25, -0.2) is 0 Å². The molecular formula is C13H19NO. The average molecular weight is 205 g/mol. The maximum atomic E-state index is 5.27. The third kappa shape index (κ3) is 2.21. The zero-order valence-electron chi connectivity index (χ0n) is 9.49. The van der Waals surface area contributed by atoms with Gasteiger partial charge in [0.05, 0.1) is 12.6 Å². The number of hydrogen-bond donors (Lipinski definition) is 1. The standard InChI is InChI=1S/C13H19NO/c1-3-11-8-10-6-4-5-7-12(10)13(14-11)9-15-2/h4-7,11,13-14H,3,8-9H2,1-2H3. The third-order valence-corrected chi connectivity index (χ3v) is 3.16. The zero-order valence-corrected chi connectivity index (χ0v) is 9.49. The molecule has 1 heterocycles. The van der Waals surface area contributed by atoms with Gasteiger partial charge in [0.15, 0.2) is 0 Å². The number of fused-ring (bicyclic) bond motifs is 1. The molecule has 1 aliphatic heterocycles. The summed E-state index contributed by atoms with van der Waals surface area (Å²) in [4.78, 5) is 0. The Hall–Kier alpha value is -0.860. The second kappa shape index (κ2) is 4.77. The Bertz CT molecular complexity index is 324. The summed E-state index contributed by atoms with van der Waals surface area (Å²) in [6.45, 7) is 2.99. The fraction of sp³-hybridized carbons (Fsp3) is 0.538. The molecule has 0 amide bonds. The Labute approximate surface area is 91.6 Å². The van der Waals surface area contributed by atoms with Gasteiger partial charge in [0.25, 0.3) is 0 Å². The predicted molar refractivity (Wildman–Crippen MR) is 62.0 cm³/mol. The van der Waals surface area contributed by atoms with Gasteiger partial charge in [-0.3, -0.25) is 0 Å². The van der Waals surface area contributed by atoms with E-state index in [0.29, 0.717) is 12.1 Å². The summed E-state index contributed by atoms with van der Waals surface area (Å²) in [5, 5.41) is 3.64. The molecular weight excluding hydrogens is 186 g/mol. The van der Waals surface area contributed by atoms with Crippen molar-refractivity contribution in [2.75, 3.05) is 13.7 Å². The summed E-state index contributed by atoms with van der Waals surface area (Å²) in [6, 6.07) is 9.64. The molecule has 82 valence electrons. The molecule has 1 aliphatic rings. The van der Waals surface area contributed by atoms with E-state index in [4.69, 9.17) is 4.74 Å². The minimum Gasteiger partial charge on any atom is -0.383 e. The van der Waals surface area contributed by atoms with E-state index < -0.39 is 0 Å². The lowest BCUT2D eigenvalue weighted by Crippen LogP contribution is -2.40. The van der Waals surface area contributed by atoms with E-state index in [0.717, 1.165) is 13.0 Å². The van der Waals surface area contributed by atoms with Crippen molar-refractivity contribution >= 4 is 0 Å². The minimum atomic E-state index is 0.366. The van der Waals surface area contributed by atoms with Crippen LogP contribution in [0.1, 0.15) is 30.5 Å². The first-order chi connectivity index (χ1) is 7.35. The first-order valence-corrected chi connectivity index (χ1v) is 5.68. The molecule has 0 saturated carbocycles. The first kappa shape index (κ1) is 10.7. The van der Waals surface area contributed by atoms with Crippen molar-refractivity contribution in [1.29, 1.82) is 0 Å². The van der Waals surface area contributed by atoms with Gasteiger partial charge >= 0.3 is 0 Å². The summed E-state index contributed by atoms with van der Waals surface area (Å²) >= 11 is 0. The van der Waals surface area contributed by atoms with E-state index in [1.807, 2.05) is 0 Å². The van der Waals surface area contributed by atoms with Gasteiger partial charge in [-0.15, -0.1) is 0 Å². The summed E-state index contributed by atoms with van der Waals surface area (Å²) < 4.78 is 5.27. The maximum Gasteiger partial charge on any atom is 0.0657 e. The molecule has 2 rings (SSSR count). The molecule has 1 N–H and O–H groups in total. The van der Waals surface area contributed by atoms with Crippen molar-refractivity contribution in [2.45, 2.75) is 31.8 Å². The Morgan fingerprint density at radius 1 is 1.40 bits per heavy atom. The molecule has 15 heavy (non-hydrogen) atoms. The van der Waals surface area contributed by atoms with E-state index in [1.54, 1.807) is 7.11 Å². The van der Waals surface area contributed by atoms with Gasteiger partial charge in [0.1, 0.15) is 0 Å². The highest BCUT2D eigenvalue weighted by Crippen LogP contribution is 2.26. The van der Waals surface area contributed by atoms with E-state index in [1.165, 1.54) is 17.5 Å². The molecule has 0 fully saturated rings. The van der Waals surface area contributed by atoms with Gasteiger partial charge in [0, 0.05) is 13.2 Å². The first-order valence-electron chi connectivity index (χ1n) is 5.68. The van der Waals surface area contributed by atoms with Crippen LogP contribution >= 0.6 is 0 Å². The van der Waals surface area contributed by atoms with Crippen LogP contribution in [0.2, 0.25) is 0 Å². The number of nitrogens with one attached hydrogen (secondary N) is 1. The highest BCUT2D eigenvalue weighted by molar-refractivity contribution is 5.33. The van der Waals surface area contributed by atoms with E-state index in [9.17, 15) is 0 Å². The molecule has 0 saturated heterocycles. The Balaban J connectivity index is 2.25. The number of rotatable bonds is 3. The van der Waals surface area contributed by atoms with Gasteiger partial charge in [-0.2, -0.15) is 0 Å². The van der Waals surface area contributed by atoms with Crippen LogP contribution in [0.3, 0.4) is 0 Å². The van der Waals surface area contributed by atoms with Crippen LogP contribution < -0.4 is 5.32 Å². The molecule has 2 nitrogen and oxygen atoms in total.